The van der Waals surface area contributed by atoms with Crippen LogP contribution in [-0.4, -0.2) is 55.8 Å². The normalized spacial score (nSPS) is 26.1. The van der Waals surface area contributed by atoms with E-state index in [0.29, 0.717) is 6.42 Å². The molecule has 6 N–H and O–H groups in total. The van der Waals surface area contributed by atoms with Crippen LogP contribution in [0.1, 0.15) is 25.7 Å². The molecule has 1 fully saturated rings. The van der Waals surface area contributed by atoms with Gasteiger partial charge in [0.05, 0.1) is 13.6 Å². The van der Waals surface area contributed by atoms with Crippen LogP contribution < -0.4 is 17.3 Å². The molecule has 0 saturated carbocycles. The maximum absolute atomic E-state index is 11.2. The lowest BCUT2D eigenvalue weighted by Gasteiger charge is -2.34. The van der Waals surface area contributed by atoms with Crippen molar-refractivity contribution in [3.05, 3.63) is 0 Å². The molecular formula is C9H22ClNO7P2. The molecule has 122 valence electrons. The zero-order chi connectivity index (χ0) is 14.8. The highest BCUT2D eigenvalue weighted by atomic mass is 35.5. The minimum Gasteiger partial charge on any atom is -1.00 e. The van der Waals surface area contributed by atoms with Gasteiger partial charge in [-0.05, 0) is 12.8 Å². The first-order valence-electron chi connectivity index (χ1n) is 6.14. The molecule has 1 aliphatic heterocycles. The molecule has 20 heavy (non-hydrogen) atoms. The lowest BCUT2D eigenvalue weighted by molar-refractivity contribution is -0.915. The van der Waals surface area contributed by atoms with E-state index in [0.717, 1.165) is 24.3 Å². The number of aliphatic hydroxyl groups is 1. The van der Waals surface area contributed by atoms with E-state index in [1.165, 1.54) is 0 Å². The lowest BCUT2D eigenvalue weighted by atomic mass is 9.97. The summed E-state index contributed by atoms with van der Waals surface area (Å²) < 4.78 is 22.3. The van der Waals surface area contributed by atoms with Crippen LogP contribution in [0, 0.1) is 0 Å². The van der Waals surface area contributed by atoms with Crippen LogP contribution >= 0.6 is 15.2 Å². The summed E-state index contributed by atoms with van der Waals surface area (Å²) in [4.78, 5) is 37.1. The van der Waals surface area contributed by atoms with Gasteiger partial charge < -0.3 is 42.0 Å². The molecule has 0 aliphatic carbocycles. The van der Waals surface area contributed by atoms with Gasteiger partial charge in [0.25, 0.3) is 0 Å². The molecule has 0 aromatic rings. The van der Waals surface area contributed by atoms with Crippen LogP contribution in [0.4, 0.5) is 0 Å². The SMILES string of the molecule is C[NH+]1CCCCC1C(O)CC(P(=O)(O)O)P(=O)(O)O.[Cl-]. The van der Waals surface area contributed by atoms with Crippen LogP contribution in [-0.2, 0) is 9.13 Å². The van der Waals surface area contributed by atoms with E-state index in [4.69, 9.17) is 19.6 Å². The first-order valence-corrected chi connectivity index (χ1v) is 9.50. The minimum atomic E-state index is -4.95. The van der Waals surface area contributed by atoms with E-state index in [9.17, 15) is 14.2 Å². The Balaban J connectivity index is 0.00000361. The van der Waals surface area contributed by atoms with Gasteiger partial charge in [0.1, 0.15) is 12.1 Å². The molecule has 3 unspecified atom stereocenters. The van der Waals surface area contributed by atoms with Gasteiger partial charge in [-0.25, -0.2) is 0 Å². The summed E-state index contributed by atoms with van der Waals surface area (Å²) in [6, 6.07) is -0.241. The summed E-state index contributed by atoms with van der Waals surface area (Å²) in [5.41, 5.74) is 0. The molecule has 8 nitrogen and oxygen atoms in total. The van der Waals surface area contributed by atoms with E-state index in [1.54, 1.807) is 0 Å². The van der Waals surface area contributed by atoms with E-state index < -0.39 is 33.1 Å². The number of aliphatic hydroxyl groups excluding tert-OH is 1. The van der Waals surface area contributed by atoms with E-state index in [2.05, 4.69) is 0 Å². The second kappa shape index (κ2) is 7.68. The Kier molecular flexibility index (Phi) is 7.87. The maximum Gasteiger partial charge on any atom is 0.340 e. The first kappa shape index (κ1) is 20.5. The quantitative estimate of drug-likeness (QED) is 0.274. The molecule has 0 aromatic carbocycles. The largest absolute Gasteiger partial charge is 1.00 e. The van der Waals surface area contributed by atoms with Crippen molar-refractivity contribution in [2.75, 3.05) is 13.6 Å². The third kappa shape index (κ3) is 5.72. The maximum atomic E-state index is 11.2. The van der Waals surface area contributed by atoms with E-state index >= 15 is 0 Å². The molecule has 0 amide bonds. The molecule has 11 heteroatoms. The van der Waals surface area contributed by atoms with E-state index in [1.807, 2.05) is 7.05 Å². The Labute approximate surface area is 123 Å². The number of likely N-dealkylation sites (tertiary alicyclic amines) is 1. The highest BCUT2D eigenvalue weighted by molar-refractivity contribution is 7.70. The van der Waals surface area contributed by atoms with Crippen molar-refractivity contribution in [2.24, 2.45) is 0 Å². The zero-order valence-corrected chi connectivity index (χ0v) is 13.6. The highest BCUT2D eigenvalue weighted by Gasteiger charge is 2.46. The van der Waals surface area contributed by atoms with Gasteiger partial charge in [-0.1, -0.05) is 0 Å². The Hall–Kier alpha value is 0.510. The number of nitrogens with one attached hydrogen (secondary N) is 1. The number of rotatable bonds is 5. The molecule has 3 atom stereocenters. The molecule has 1 heterocycles. The fourth-order valence-electron chi connectivity index (χ4n) is 2.57. The van der Waals surface area contributed by atoms with Gasteiger partial charge in [0, 0.05) is 12.8 Å². The second-order valence-electron chi connectivity index (χ2n) is 5.16. The number of quaternary nitrogens is 1. The lowest BCUT2D eigenvalue weighted by Crippen LogP contribution is -3.15. The monoisotopic (exact) mass is 353 g/mol. The molecule has 0 spiro atoms. The van der Waals surface area contributed by atoms with Crippen molar-refractivity contribution in [3.8, 4) is 0 Å². The summed E-state index contributed by atoms with van der Waals surface area (Å²) >= 11 is 0. The first-order chi connectivity index (χ1) is 8.53. The van der Waals surface area contributed by atoms with Gasteiger partial charge in [-0.15, -0.1) is 0 Å². The summed E-state index contributed by atoms with van der Waals surface area (Å²) in [6.45, 7) is 0.832. The number of halogens is 1. The Morgan fingerprint density at radius 1 is 1.15 bits per heavy atom. The van der Waals surface area contributed by atoms with Gasteiger partial charge in [0.15, 0.2) is 5.40 Å². The highest BCUT2D eigenvalue weighted by Crippen LogP contribution is 2.61. The van der Waals surface area contributed by atoms with Gasteiger partial charge in [0.2, 0.25) is 0 Å². The van der Waals surface area contributed by atoms with Crippen molar-refractivity contribution in [1.82, 2.24) is 0 Å². The van der Waals surface area contributed by atoms with Gasteiger partial charge in [-0.2, -0.15) is 0 Å². The predicted octanol–water partition coefficient (Wildman–Crippen LogP) is -4.51. The van der Waals surface area contributed by atoms with Crippen molar-refractivity contribution >= 4 is 15.2 Å². The number of hydrogen-bond acceptors (Lipinski definition) is 3. The van der Waals surface area contributed by atoms with Crippen LogP contribution in [0.15, 0.2) is 0 Å². The second-order valence-corrected chi connectivity index (χ2v) is 9.17. The molecular weight excluding hydrogens is 332 g/mol. The molecule has 0 radical (unpaired) electrons. The van der Waals surface area contributed by atoms with Crippen molar-refractivity contribution in [2.45, 2.75) is 43.2 Å². The van der Waals surface area contributed by atoms with Crippen LogP contribution in [0.25, 0.3) is 0 Å². The average molecular weight is 354 g/mol. The molecule has 1 rings (SSSR count). The summed E-state index contributed by atoms with van der Waals surface area (Å²) in [6.07, 6.45) is 0.870. The molecule has 1 saturated heterocycles. The van der Waals surface area contributed by atoms with Crippen molar-refractivity contribution in [1.29, 1.82) is 0 Å². The third-order valence-electron chi connectivity index (χ3n) is 3.66. The standard InChI is InChI=1S/C9H21NO7P2.ClH/c1-10-5-3-2-4-7(10)8(11)6-9(18(12,13)14)19(15,16)17;/h7-9,11H,2-6H2,1H3,(H2,12,13,14)(H2,15,16,17);1H. The van der Waals surface area contributed by atoms with E-state index in [-0.39, 0.29) is 18.4 Å². The van der Waals surface area contributed by atoms with Gasteiger partial charge in [-0.3, -0.25) is 9.13 Å². The molecule has 0 aromatic heterocycles. The average Bonchev–Trinajstić information content (AvgIpc) is 2.23. The zero-order valence-electron chi connectivity index (χ0n) is 11.1. The molecule has 1 aliphatic rings. The summed E-state index contributed by atoms with van der Waals surface area (Å²) in [5, 5.41) is 7.91. The number of hydrogen-bond donors (Lipinski definition) is 6. The topological polar surface area (TPSA) is 140 Å². The number of piperidine rings is 1. The Bertz CT molecular complexity index is 376. The fourth-order valence-corrected chi connectivity index (χ4v) is 5.12. The molecule has 0 bridgehead atoms. The Morgan fingerprint density at radius 3 is 2.05 bits per heavy atom. The minimum absolute atomic E-state index is 0. The van der Waals surface area contributed by atoms with Crippen molar-refractivity contribution in [3.63, 3.8) is 0 Å². The van der Waals surface area contributed by atoms with Crippen LogP contribution in [0.2, 0.25) is 0 Å². The third-order valence-corrected chi connectivity index (χ3v) is 7.44. The fraction of sp³-hybridized carbons (Fsp3) is 1.00. The predicted molar refractivity (Wildman–Crippen MR) is 67.9 cm³/mol. The van der Waals surface area contributed by atoms with Crippen LogP contribution in [0.3, 0.4) is 0 Å². The Morgan fingerprint density at radius 2 is 1.65 bits per heavy atom. The number of likely N-dealkylation sites (N-methyl/N-ethyl adjacent to an activating group) is 1. The summed E-state index contributed by atoms with van der Waals surface area (Å²) in [7, 11) is -8.05. The van der Waals surface area contributed by atoms with Gasteiger partial charge >= 0.3 is 15.2 Å². The van der Waals surface area contributed by atoms with Crippen molar-refractivity contribution < 1.29 is 51.1 Å². The van der Waals surface area contributed by atoms with Crippen LogP contribution in [0.5, 0.6) is 0 Å². The summed E-state index contributed by atoms with van der Waals surface area (Å²) in [5.74, 6) is 0. The smallest absolute Gasteiger partial charge is 0.340 e.